The Balaban J connectivity index is 1.67. The highest BCUT2D eigenvalue weighted by Crippen LogP contribution is 2.31. The molecule has 31 heavy (non-hydrogen) atoms. The highest BCUT2D eigenvalue weighted by molar-refractivity contribution is 7.08. The Hall–Kier alpha value is -3.10. The summed E-state index contributed by atoms with van der Waals surface area (Å²) in [6.45, 7) is 3.16. The fourth-order valence-corrected chi connectivity index (χ4v) is 4.51. The van der Waals surface area contributed by atoms with Crippen LogP contribution in [0.5, 0.6) is 0 Å². The lowest BCUT2D eigenvalue weighted by molar-refractivity contribution is -0.157. The maximum atomic E-state index is 13.2. The van der Waals surface area contributed by atoms with Gasteiger partial charge in [-0.05, 0) is 40.4 Å². The molecule has 8 heteroatoms. The second-order valence-electron chi connectivity index (χ2n) is 7.37. The Morgan fingerprint density at radius 3 is 2.87 bits per heavy atom. The van der Waals surface area contributed by atoms with Crippen LogP contribution in [0.4, 0.5) is 0 Å². The molecule has 1 aliphatic rings. The number of likely N-dealkylation sites (N-methyl/N-ethyl adjacent to an activating group) is 1. The van der Waals surface area contributed by atoms with E-state index in [1.807, 2.05) is 36.6 Å². The molecule has 1 saturated heterocycles. The van der Waals surface area contributed by atoms with Crippen LogP contribution in [-0.2, 0) is 16.0 Å². The van der Waals surface area contributed by atoms with Crippen molar-refractivity contribution in [2.45, 2.75) is 18.9 Å². The third kappa shape index (κ3) is 4.50. The van der Waals surface area contributed by atoms with Crippen LogP contribution in [0.25, 0.3) is 11.1 Å². The number of carbonyl (C=O) groups excluding carboxylic acids is 2. The van der Waals surface area contributed by atoms with Gasteiger partial charge in [-0.25, -0.2) is 4.98 Å². The molecule has 2 aromatic heterocycles. The summed E-state index contributed by atoms with van der Waals surface area (Å²) in [6.07, 6.45) is 4.81. The van der Waals surface area contributed by atoms with Crippen molar-refractivity contribution >= 4 is 23.2 Å². The van der Waals surface area contributed by atoms with Gasteiger partial charge in [0.2, 0.25) is 0 Å². The van der Waals surface area contributed by atoms with Crippen molar-refractivity contribution in [2.24, 2.45) is 0 Å². The molecule has 160 valence electrons. The molecule has 1 aliphatic heterocycles. The van der Waals surface area contributed by atoms with E-state index in [1.54, 1.807) is 16.2 Å². The van der Waals surface area contributed by atoms with E-state index in [4.69, 9.17) is 4.74 Å². The monoisotopic (exact) mass is 436 g/mol. The van der Waals surface area contributed by atoms with Gasteiger partial charge >= 0.3 is 0 Å². The first-order valence-electron chi connectivity index (χ1n) is 10.2. The summed E-state index contributed by atoms with van der Waals surface area (Å²) in [6, 6.07) is 10.1. The van der Waals surface area contributed by atoms with Gasteiger partial charge in [0.15, 0.2) is 5.60 Å². The highest BCUT2D eigenvalue weighted by Gasteiger charge is 2.45. The second kappa shape index (κ2) is 9.36. The summed E-state index contributed by atoms with van der Waals surface area (Å²) >= 11 is 1.63. The van der Waals surface area contributed by atoms with E-state index < -0.39 is 5.60 Å². The number of thiophene rings is 1. The minimum absolute atomic E-state index is 0.145. The molecular formula is C23H24N4O3S. The normalized spacial score (nSPS) is 18.5. The van der Waals surface area contributed by atoms with Crippen molar-refractivity contribution in [3.63, 3.8) is 0 Å². The summed E-state index contributed by atoms with van der Waals surface area (Å²) in [5, 5.41) is 7.02. The summed E-state index contributed by atoms with van der Waals surface area (Å²) in [5.74, 6) is -0.469. The van der Waals surface area contributed by atoms with E-state index in [2.05, 4.69) is 26.7 Å². The summed E-state index contributed by atoms with van der Waals surface area (Å²) in [5.41, 5.74) is 2.25. The zero-order valence-corrected chi connectivity index (χ0v) is 18.1. The molecule has 0 radical (unpaired) electrons. The Morgan fingerprint density at radius 1 is 1.26 bits per heavy atom. The Kier molecular flexibility index (Phi) is 6.39. The third-order valence-electron chi connectivity index (χ3n) is 5.33. The SMILES string of the molecule is CCNC(=O)[C@]1(Cc2ccccc2-c2ccsc2)CN(C(=O)c2cnccn2)CCO1. The highest BCUT2D eigenvalue weighted by atomic mass is 32.1. The predicted octanol–water partition coefficient (Wildman–Crippen LogP) is 2.80. The lowest BCUT2D eigenvalue weighted by Crippen LogP contribution is -2.62. The molecule has 1 fully saturated rings. The standard InChI is InChI=1S/C23H24N4O3S/c1-2-25-22(29)23(13-17-5-3-4-6-19(17)18-7-12-31-15-18)16-27(10-11-30-23)21(28)20-14-24-8-9-26-20/h3-9,12,14-15H,2,10-11,13,16H2,1H3,(H,25,29)/t23-/m0/s1. The number of nitrogens with one attached hydrogen (secondary N) is 1. The van der Waals surface area contributed by atoms with Crippen LogP contribution < -0.4 is 5.32 Å². The lowest BCUT2D eigenvalue weighted by atomic mass is 9.87. The van der Waals surface area contributed by atoms with Crippen LogP contribution >= 0.6 is 11.3 Å². The lowest BCUT2D eigenvalue weighted by Gasteiger charge is -2.41. The van der Waals surface area contributed by atoms with E-state index >= 15 is 0 Å². The molecule has 0 unspecified atom stereocenters. The molecule has 1 N–H and O–H groups in total. The molecule has 7 nitrogen and oxygen atoms in total. The number of carbonyl (C=O) groups is 2. The second-order valence-corrected chi connectivity index (χ2v) is 8.15. The molecule has 3 aromatic rings. The number of aromatic nitrogens is 2. The number of rotatable bonds is 6. The van der Waals surface area contributed by atoms with Gasteiger partial charge < -0.3 is 15.0 Å². The molecule has 1 atom stereocenters. The van der Waals surface area contributed by atoms with Gasteiger partial charge in [0.25, 0.3) is 11.8 Å². The van der Waals surface area contributed by atoms with Crippen LogP contribution in [0.3, 0.4) is 0 Å². The molecule has 3 heterocycles. The number of ether oxygens (including phenoxy) is 1. The number of nitrogens with zero attached hydrogens (tertiary/aromatic N) is 3. The summed E-state index contributed by atoms with van der Waals surface area (Å²) in [4.78, 5) is 36.0. The van der Waals surface area contributed by atoms with Crippen LogP contribution in [0.1, 0.15) is 23.0 Å². The molecule has 1 aromatic carbocycles. The van der Waals surface area contributed by atoms with Gasteiger partial charge in [0.1, 0.15) is 5.69 Å². The van der Waals surface area contributed by atoms with Crippen molar-refractivity contribution in [1.82, 2.24) is 20.2 Å². The zero-order chi connectivity index (χ0) is 21.7. The van der Waals surface area contributed by atoms with Crippen molar-refractivity contribution in [3.8, 4) is 11.1 Å². The zero-order valence-electron chi connectivity index (χ0n) is 17.3. The minimum atomic E-state index is -1.18. The van der Waals surface area contributed by atoms with Crippen molar-refractivity contribution < 1.29 is 14.3 Å². The van der Waals surface area contributed by atoms with Crippen LogP contribution in [0, 0.1) is 0 Å². The first-order valence-corrected chi connectivity index (χ1v) is 11.2. The fourth-order valence-electron chi connectivity index (χ4n) is 3.86. The minimum Gasteiger partial charge on any atom is -0.361 e. The van der Waals surface area contributed by atoms with Crippen molar-refractivity contribution in [3.05, 3.63) is 70.9 Å². The molecule has 0 spiro atoms. The maximum Gasteiger partial charge on any atom is 0.274 e. The summed E-state index contributed by atoms with van der Waals surface area (Å²) in [7, 11) is 0. The molecule has 4 rings (SSSR count). The first-order chi connectivity index (χ1) is 15.1. The van der Waals surface area contributed by atoms with Crippen LogP contribution in [0.2, 0.25) is 0 Å². The average molecular weight is 437 g/mol. The van der Waals surface area contributed by atoms with E-state index in [-0.39, 0.29) is 30.7 Å². The topological polar surface area (TPSA) is 84.4 Å². The van der Waals surface area contributed by atoms with Gasteiger partial charge in [-0.1, -0.05) is 24.3 Å². The smallest absolute Gasteiger partial charge is 0.274 e. The predicted molar refractivity (Wildman–Crippen MR) is 119 cm³/mol. The number of hydrogen-bond acceptors (Lipinski definition) is 6. The number of morpholine rings is 1. The van der Waals surface area contributed by atoms with Gasteiger partial charge in [-0.2, -0.15) is 11.3 Å². The molecule has 2 amide bonds. The third-order valence-corrected chi connectivity index (χ3v) is 6.02. The Morgan fingerprint density at radius 2 is 2.13 bits per heavy atom. The van der Waals surface area contributed by atoms with Gasteiger partial charge in [-0.15, -0.1) is 0 Å². The van der Waals surface area contributed by atoms with E-state index in [1.165, 1.54) is 18.6 Å². The Labute approximate surface area is 185 Å². The van der Waals surface area contributed by atoms with Crippen LogP contribution in [-0.4, -0.2) is 58.5 Å². The largest absolute Gasteiger partial charge is 0.361 e. The van der Waals surface area contributed by atoms with Gasteiger partial charge in [0.05, 0.1) is 19.3 Å². The van der Waals surface area contributed by atoms with Gasteiger partial charge in [-0.3, -0.25) is 14.6 Å². The van der Waals surface area contributed by atoms with Crippen molar-refractivity contribution in [2.75, 3.05) is 26.2 Å². The maximum absolute atomic E-state index is 13.2. The number of hydrogen-bond donors (Lipinski definition) is 1. The van der Waals surface area contributed by atoms with E-state index in [0.717, 1.165) is 16.7 Å². The number of amides is 2. The van der Waals surface area contributed by atoms with E-state index in [9.17, 15) is 9.59 Å². The molecule has 0 saturated carbocycles. The average Bonchev–Trinajstić information content (AvgIpc) is 3.35. The quantitative estimate of drug-likeness (QED) is 0.642. The molecule has 0 bridgehead atoms. The molecular weight excluding hydrogens is 412 g/mol. The van der Waals surface area contributed by atoms with Crippen LogP contribution in [0.15, 0.2) is 59.7 Å². The molecule has 0 aliphatic carbocycles. The van der Waals surface area contributed by atoms with Crippen molar-refractivity contribution in [1.29, 1.82) is 0 Å². The van der Waals surface area contributed by atoms with E-state index in [0.29, 0.717) is 19.5 Å². The fraction of sp³-hybridized carbons (Fsp3) is 0.304. The Bertz CT molecular complexity index is 1040. The van der Waals surface area contributed by atoms with Gasteiger partial charge in [0, 0.05) is 31.9 Å². The first kappa shape index (κ1) is 21.1. The summed E-state index contributed by atoms with van der Waals surface area (Å²) < 4.78 is 6.13. The number of benzene rings is 1.